The number of aryl methyl sites for hydroxylation is 1. The van der Waals surface area contributed by atoms with Crippen molar-refractivity contribution in [3.63, 3.8) is 0 Å². The molecule has 2 aromatic heterocycles. The van der Waals surface area contributed by atoms with Gasteiger partial charge in [-0.2, -0.15) is 0 Å². The molecule has 2 aromatic carbocycles. The van der Waals surface area contributed by atoms with E-state index in [-0.39, 0.29) is 17.6 Å². The van der Waals surface area contributed by atoms with Gasteiger partial charge >= 0.3 is 0 Å². The maximum atomic E-state index is 13.3. The standard InChI is InChI=1S/C27H30N4O3S/c1-18-14-24(20(3)30(18)19(2)16-33-4)25(32)17-35-27-29-28-26(21-10-9-13-23(15-21)34-5)31(27)22-11-7-6-8-12-22/h6-15,19H,16-17H2,1-5H3. The van der Waals surface area contributed by atoms with E-state index in [0.29, 0.717) is 17.6 Å². The van der Waals surface area contributed by atoms with Crippen molar-refractivity contribution in [2.75, 3.05) is 26.6 Å². The van der Waals surface area contributed by atoms with Gasteiger partial charge in [-0.05, 0) is 51.1 Å². The lowest BCUT2D eigenvalue weighted by Gasteiger charge is -2.17. The van der Waals surface area contributed by atoms with Crippen LogP contribution in [0.2, 0.25) is 0 Å². The number of rotatable bonds is 10. The number of para-hydroxylation sites is 1. The van der Waals surface area contributed by atoms with Crippen LogP contribution in [0.3, 0.4) is 0 Å². The number of carbonyl (C=O) groups excluding carboxylic acids is 1. The number of Topliss-reactive ketones (excluding diaryl/α,β-unsaturated/α-hetero) is 1. The van der Waals surface area contributed by atoms with Crippen molar-refractivity contribution in [1.82, 2.24) is 19.3 Å². The summed E-state index contributed by atoms with van der Waals surface area (Å²) < 4.78 is 14.9. The summed E-state index contributed by atoms with van der Waals surface area (Å²) in [6, 6.07) is 19.8. The molecule has 0 saturated carbocycles. The summed E-state index contributed by atoms with van der Waals surface area (Å²) >= 11 is 1.39. The van der Waals surface area contributed by atoms with Crippen LogP contribution in [0.15, 0.2) is 65.8 Å². The van der Waals surface area contributed by atoms with Gasteiger partial charge in [0.05, 0.1) is 25.5 Å². The summed E-state index contributed by atoms with van der Waals surface area (Å²) in [6.45, 7) is 6.70. The molecule has 4 aromatic rings. The van der Waals surface area contributed by atoms with Crippen molar-refractivity contribution in [3.8, 4) is 22.8 Å². The predicted molar refractivity (Wildman–Crippen MR) is 139 cm³/mol. The van der Waals surface area contributed by atoms with E-state index >= 15 is 0 Å². The molecule has 0 fully saturated rings. The largest absolute Gasteiger partial charge is 0.497 e. The SMILES string of the molecule is COCC(C)n1c(C)cc(C(=O)CSc2nnc(-c3cccc(OC)c3)n2-c2ccccc2)c1C. The van der Waals surface area contributed by atoms with Gasteiger partial charge in [0.15, 0.2) is 16.8 Å². The molecule has 8 heteroatoms. The molecule has 0 saturated heterocycles. The lowest BCUT2D eigenvalue weighted by Crippen LogP contribution is -2.14. The zero-order valence-electron chi connectivity index (χ0n) is 20.7. The first-order valence-corrected chi connectivity index (χ1v) is 12.4. The molecule has 35 heavy (non-hydrogen) atoms. The number of hydrogen-bond acceptors (Lipinski definition) is 6. The van der Waals surface area contributed by atoms with Crippen molar-refractivity contribution in [2.45, 2.75) is 32.0 Å². The molecule has 1 atom stereocenters. The molecular formula is C27H30N4O3S. The summed E-state index contributed by atoms with van der Waals surface area (Å²) in [4.78, 5) is 13.3. The van der Waals surface area contributed by atoms with Gasteiger partial charge in [-0.3, -0.25) is 9.36 Å². The first-order valence-electron chi connectivity index (χ1n) is 11.4. The topological polar surface area (TPSA) is 71.2 Å². The molecule has 0 bridgehead atoms. The van der Waals surface area contributed by atoms with E-state index in [2.05, 4.69) is 21.7 Å². The maximum Gasteiger partial charge on any atom is 0.196 e. The highest BCUT2D eigenvalue weighted by Gasteiger charge is 2.21. The summed E-state index contributed by atoms with van der Waals surface area (Å²) in [5.74, 6) is 1.75. The predicted octanol–water partition coefficient (Wildman–Crippen LogP) is 5.54. The van der Waals surface area contributed by atoms with Crippen molar-refractivity contribution in [3.05, 3.63) is 77.6 Å². The van der Waals surface area contributed by atoms with Crippen LogP contribution in [0.4, 0.5) is 0 Å². The highest BCUT2D eigenvalue weighted by molar-refractivity contribution is 7.99. The lowest BCUT2D eigenvalue weighted by molar-refractivity contribution is 0.102. The smallest absolute Gasteiger partial charge is 0.196 e. The molecule has 0 aliphatic rings. The third-order valence-corrected chi connectivity index (χ3v) is 6.87. The van der Waals surface area contributed by atoms with Crippen LogP contribution in [0, 0.1) is 13.8 Å². The molecule has 182 valence electrons. The second-order valence-electron chi connectivity index (χ2n) is 8.38. The van der Waals surface area contributed by atoms with Crippen LogP contribution in [0.5, 0.6) is 5.75 Å². The highest BCUT2D eigenvalue weighted by atomic mass is 32.2. The Morgan fingerprint density at radius 2 is 1.80 bits per heavy atom. The molecule has 0 aliphatic heterocycles. The Balaban J connectivity index is 1.64. The minimum Gasteiger partial charge on any atom is -0.497 e. The van der Waals surface area contributed by atoms with Crippen LogP contribution in [0.25, 0.3) is 17.1 Å². The van der Waals surface area contributed by atoms with Gasteiger partial charge in [0, 0.05) is 35.3 Å². The summed E-state index contributed by atoms with van der Waals surface area (Å²) in [6.07, 6.45) is 0. The van der Waals surface area contributed by atoms with E-state index in [0.717, 1.165) is 34.0 Å². The fourth-order valence-corrected chi connectivity index (χ4v) is 5.22. The lowest BCUT2D eigenvalue weighted by atomic mass is 10.2. The second kappa shape index (κ2) is 10.9. The van der Waals surface area contributed by atoms with Gasteiger partial charge < -0.3 is 14.0 Å². The highest BCUT2D eigenvalue weighted by Crippen LogP contribution is 2.30. The Hall–Kier alpha value is -3.36. The Labute approximate surface area is 210 Å². The van der Waals surface area contributed by atoms with Crippen molar-refractivity contribution in [2.24, 2.45) is 0 Å². The third kappa shape index (κ3) is 5.18. The molecule has 7 nitrogen and oxygen atoms in total. The number of benzene rings is 2. The molecule has 0 spiro atoms. The van der Waals surface area contributed by atoms with Gasteiger partial charge in [-0.25, -0.2) is 0 Å². The number of thioether (sulfide) groups is 1. The first-order chi connectivity index (χ1) is 16.9. The van der Waals surface area contributed by atoms with Crippen molar-refractivity contribution < 1.29 is 14.3 Å². The van der Waals surface area contributed by atoms with E-state index < -0.39 is 0 Å². The van der Waals surface area contributed by atoms with E-state index in [1.165, 1.54) is 11.8 Å². The minimum atomic E-state index is 0.0597. The summed E-state index contributed by atoms with van der Waals surface area (Å²) in [5, 5.41) is 9.58. The van der Waals surface area contributed by atoms with E-state index in [1.807, 2.05) is 79.1 Å². The number of carbonyl (C=O) groups is 1. The third-order valence-electron chi connectivity index (χ3n) is 5.94. The molecule has 0 amide bonds. The average Bonchev–Trinajstić information content (AvgIpc) is 3.43. The normalized spacial score (nSPS) is 12.0. The zero-order valence-corrected chi connectivity index (χ0v) is 21.5. The summed E-state index contributed by atoms with van der Waals surface area (Å²) in [5.41, 5.74) is 4.55. The van der Waals surface area contributed by atoms with E-state index in [1.54, 1.807) is 14.2 Å². The second-order valence-corrected chi connectivity index (χ2v) is 9.32. The molecular weight excluding hydrogens is 460 g/mol. The Kier molecular flexibility index (Phi) is 7.73. The maximum absolute atomic E-state index is 13.3. The average molecular weight is 491 g/mol. The van der Waals surface area contributed by atoms with E-state index in [4.69, 9.17) is 9.47 Å². The Bertz CT molecular complexity index is 1310. The fourth-order valence-electron chi connectivity index (χ4n) is 4.38. The number of nitrogens with zero attached hydrogens (tertiary/aromatic N) is 4. The monoisotopic (exact) mass is 490 g/mol. The molecule has 0 N–H and O–H groups in total. The quantitative estimate of drug-likeness (QED) is 0.215. The van der Waals surface area contributed by atoms with Crippen molar-refractivity contribution >= 4 is 17.5 Å². The summed E-state index contributed by atoms with van der Waals surface area (Å²) in [7, 11) is 3.33. The van der Waals surface area contributed by atoms with E-state index in [9.17, 15) is 4.79 Å². The van der Waals surface area contributed by atoms with Gasteiger partial charge in [-0.1, -0.05) is 42.1 Å². The Morgan fingerprint density at radius 1 is 1.03 bits per heavy atom. The molecule has 0 aliphatic carbocycles. The Morgan fingerprint density at radius 3 is 2.51 bits per heavy atom. The number of hydrogen-bond donors (Lipinski definition) is 0. The zero-order chi connectivity index (χ0) is 24.9. The number of aromatic nitrogens is 4. The minimum absolute atomic E-state index is 0.0597. The van der Waals surface area contributed by atoms with Gasteiger partial charge in [0.2, 0.25) is 0 Å². The van der Waals surface area contributed by atoms with Crippen LogP contribution in [-0.4, -0.2) is 51.7 Å². The van der Waals surface area contributed by atoms with Gasteiger partial charge in [0.1, 0.15) is 5.75 Å². The molecule has 0 radical (unpaired) electrons. The molecule has 2 heterocycles. The van der Waals surface area contributed by atoms with Crippen LogP contribution >= 0.6 is 11.8 Å². The van der Waals surface area contributed by atoms with Crippen molar-refractivity contribution in [1.29, 1.82) is 0 Å². The molecule has 4 rings (SSSR count). The van der Waals surface area contributed by atoms with Crippen LogP contribution in [0.1, 0.15) is 34.7 Å². The van der Waals surface area contributed by atoms with Crippen LogP contribution < -0.4 is 4.74 Å². The van der Waals surface area contributed by atoms with Gasteiger partial charge in [0.25, 0.3) is 0 Å². The first kappa shape index (κ1) is 24.8. The number of methoxy groups -OCH3 is 2. The van der Waals surface area contributed by atoms with Gasteiger partial charge in [-0.15, -0.1) is 10.2 Å². The fraction of sp³-hybridized carbons (Fsp3) is 0.296. The number of ketones is 1. The molecule has 1 unspecified atom stereocenters. The van der Waals surface area contributed by atoms with Crippen LogP contribution in [-0.2, 0) is 4.74 Å². The number of ether oxygens (including phenoxy) is 2.